The lowest BCUT2D eigenvalue weighted by molar-refractivity contribution is -0.137. The van der Waals surface area contributed by atoms with Gasteiger partial charge in [0.25, 0.3) is 5.56 Å². The van der Waals surface area contributed by atoms with Crippen molar-refractivity contribution in [1.82, 2.24) is 19.5 Å². The summed E-state index contributed by atoms with van der Waals surface area (Å²) in [5.74, 6) is -0.207. The summed E-state index contributed by atoms with van der Waals surface area (Å²) >= 11 is 6.12. The lowest BCUT2D eigenvalue weighted by Crippen LogP contribution is -2.25. The van der Waals surface area contributed by atoms with E-state index in [1.165, 1.54) is 28.8 Å². The molecule has 0 aliphatic carbocycles. The monoisotopic (exact) mass is 573 g/mol. The van der Waals surface area contributed by atoms with E-state index in [9.17, 15) is 14.0 Å². The zero-order chi connectivity index (χ0) is 28.7. The van der Waals surface area contributed by atoms with Crippen LogP contribution in [0.4, 0.5) is 4.39 Å². The summed E-state index contributed by atoms with van der Waals surface area (Å²) < 4.78 is 15.1. The van der Waals surface area contributed by atoms with Crippen LogP contribution in [0.25, 0.3) is 27.6 Å². The molecule has 0 unspecified atom stereocenters. The molecule has 5 aromatic rings. The summed E-state index contributed by atoms with van der Waals surface area (Å²) in [6, 6.07) is 16.4. The number of fused-ring (bicyclic) bond motifs is 2. The number of aromatic amines is 1. The third-order valence-electron chi connectivity index (χ3n) is 7.20. The minimum Gasteiger partial charge on any atom is -0.481 e. The lowest BCUT2D eigenvalue weighted by Gasteiger charge is -2.18. The maximum Gasteiger partial charge on any atom is 0.303 e. The first-order chi connectivity index (χ1) is 19.7. The highest BCUT2D eigenvalue weighted by Gasteiger charge is 2.39. The van der Waals surface area contributed by atoms with Crippen molar-refractivity contribution in [2.24, 2.45) is 5.16 Å². The summed E-state index contributed by atoms with van der Waals surface area (Å²) in [7, 11) is 0. The number of unbranched alkanes of at least 4 members (excludes halogenated alkanes) is 1. The summed E-state index contributed by atoms with van der Waals surface area (Å²) in [5.41, 5.74) is 2.85. The number of aliphatic carboxylic acids is 1. The van der Waals surface area contributed by atoms with Crippen LogP contribution in [0.5, 0.6) is 0 Å². The van der Waals surface area contributed by atoms with Crippen molar-refractivity contribution in [1.29, 1.82) is 0 Å². The van der Waals surface area contributed by atoms with E-state index >= 15 is 0 Å². The van der Waals surface area contributed by atoms with E-state index in [1.54, 1.807) is 30.3 Å². The zero-order valence-corrected chi connectivity index (χ0v) is 22.8. The number of carbonyl (C=O) groups is 1. The highest BCUT2D eigenvalue weighted by Crippen LogP contribution is 2.36. The van der Waals surface area contributed by atoms with Gasteiger partial charge in [0.2, 0.25) is 0 Å². The normalized spacial score (nSPS) is 16.7. The van der Waals surface area contributed by atoms with Gasteiger partial charge in [0.05, 0.1) is 33.3 Å². The number of nitrogens with one attached hydrogen (secondary N) is 1. The molecule has 2 aromatic heterocycles. The predicted molar refractivity (Wildman–Crippen MR) is 153 cm³/mol. The quantitative estimate of drug-likeness (QED) is 0.223. The van der Waals surface area contributed by atoms with E-state index in [4.69, 9.17) is 26.5 Å². The second-order valence-corrected chi connectivity index (χ2v) is 10.7. The van der Waals surface area contributed by atoms with Crippen LogP contribution in [0, 0.1) is 5.82 Å². The first kappa shape index (κ1) is 26.6. The minimum atomic E-state index is -0.880. The first-order valence-corrected chi connectivity index (χ1v) is 13.5. The molecule has 2 N–H and O–H groups in total. The van der Waals surface area contributed by atoms with Gasteiger partial charge in [-0.25, -0.2) is 14.4 Å². The number of benzene rings is 3. The number of halogens is 2. The Hall–Kier alpha value is -4.57. The second-order valence-electron chi connectivity index (χ2n) is 10.3. The molecule has 0 radical (unpaired) electrons. The van der Waals surface area contributed by atoms with Gasteiger partial charge in [-0.3, -0.25) is 14.2 Å². The number of carboxylic acids is 1. The average molecular weight is 574 g/mol. The fourth-order valence-corrected chi connectivity index (χ4v) is 5.22. The predicted octanol–water partition coefficient (Wildman–Crippen LogP) is 5.89. The molecule has 0 saturated carbocycles. The van der Waals surface area contributed by atoms with E-state index in [0.29, 0.717) is 64.7 Å². The molecule has 3 heterocycles. The van der Waals surface area contributed by atoms with Gasteiger partial charge in [0, 0.05) is 29.8 Å². The highest BCUT2D eigenvalue weighted by atomic mass is 35.5. The lowest BCUT2D eigenvalue weighted by atomic mass is 9.95. The van der Waals surface area contributed by atoms with Gasteiger partial charge >= 0.3 is 5.97 Å². The Labute approximate surface area is 238 Å². The molecule has 0 bridgehead atoms. The van der Waals surface area contributed by atoms with Gasteiger partial charge in [0.15, 0.2) is 11.4 Å². The number of rotatable bonds is 8. The van der Waals surface area contributed by atoms with Crippen molar-refractivity contribution in [3.63, 3.8) is 0 Å². The standard InChI is InChI=1S/C30H25ClFN5O4/c1-30(29-34-22-13-7-18(31)15-24(22)35-29)16-25(36-41-30)17-6-12-21-23(14-17)33-26(4-2-3-5-27(38)39)37(28(21)40)20-10-8-19(32)9-11-20/h6-15H,2-5,16H2,1H3,(H,34,35)(H,38,39)/t30-/m0/s1. The summed E-state index contributed by atoms with van der Waals surface area (Å²) in [4.78, 5) is 43.3. The molecule has 0 amide bonds. The van der Waals surface area contributed by atoms with E-state index in [0.717, 1.165) is 16.6 Å². The van der Waals surface area contributed by atoms with Crippen LogP contribution in [0.3, 0.4) is 0 Å². The number of aromatic nitrogens is 4. The molecule has 9 nitrogen and oxygen atoms in total. The van der Waals surface area contributed by atoms with Crippen LogP contribution in [-0.2, 0) is 21.7 Å². The van der Waals surface area contributed by atoms with Crippen LogP contribution in [0.1, 0.15) is 49.8 Å². The van der Waals surface area contributed by atoms with Crippen molar-refractivity contribution in [2.45, 2.75) is 44.6 Å². The van der Waals surface area contributed by atoms with Crippen LogP contribution in [0.15, 0.2) is 70.6 Å². The topological polar surface area (TPSA) is 122 Å². The summed E-state index contributed by atoms with van der Waals surface area (Å²) in [6.45, 7) is 1.90. The molecule has 0 fully saturated rings. The number of carboxylic acid groups (broad SMARTS) is 1. The number of hydrogen-bond acceptors (Lipinski definition) is 6. The molecule has 11 heteroatoms. The molecule has 0 saturated heterocycles. The Balaban J connectivity index is 1.34. The average Bonchev–Trinajstić information content (AvgIpc) is 3.56. The molecular formula is C30H25ClFN5O4. The van der Waals surface area contributed by atoms with Crippen molar-refractivity contribution in [3.05, 3.63) is 99.1 Å². The van der Waals surface area contributed by atoms with Crippen molar-refractivity contribution < 1.29 is 19.1 Å². The Bertz CT molecular complexity index is 1900. The van der Waals surface area contributed by atoms with Crippen LogP contribution < -0.4 is 5.56 Å². The third-order valence-corrected chi connectivity index (χ3v) is 7.44. The second kappa shape index (κ2) is 10.4. The molecule has 1 aliphatic rings. The smallest absolute Gasteiger partial charge is 0.303 e. The van der Waals surface area contributed by atoms with Crippen molar-refractivity contribution >= 4 is 45.2 Å². The van der Waals surface area contributed by atoms with E-state index in [1.807, 2.05) is 13.0 Å². The molecule has 1 aliphatic heterocycles. The molecule has 6 rings (SSSR count). The number of oxime groups is 1. The van der Waals surface area contributed by atoms with Crippen LogP contribution in [-0.4, -0.2) is 36.3 Å². The number of H-pyrrole nitrogens is 1. The molecule has 1 atom stereocenters. The SMILES string of the molecule is C[C@@]1(c2nc3ccc(Cl)cc3[nH]2)CC(c2ccc3c(=O)n(-c4ccc(F)cc4)c(CCCCC(=O)O)nc3c2)=NO1. The largest absolute Gasteiger partial charge is 0.481 e. The number of nitrogens with zero attached hydrogens (tertiary/aromatic N) is 4. The Morgan fingerprint density at radius 1 is 1.10 bits per heavy atom. The van der Waals surface area contributed by atoms with Crippen LogP contribution >= 0.6 is 11.6 Å². The highest BCUT2D eigenvalue weighted by molar-refractivity contribution is 6.31. The Morgan fingerprint density at radius 3 is 2.68 bits per heavy atom. The molecule has 0 spiro atoms. The van der Waals surface area contributed by atoms with E-state index in [-0.39, 0.29) is 12.0 Å². The summed E-state index contributed by atoms with van der Waals surface area (Å²) in [5, 5.41) is 14.4. The van der Waals surface area contributed by atoms with Gasteiger partial charge in [-0.15, -0.1) is 0 Å². The van der Waals surface area contributed by atoms with Gasteiger partial charge in [-0.2, -0.15) is 0 Å². The Morgan fingerprint density at radius 2 is 1.90 bits per heavy atom. The van der Waals surface area contributed by atoms with E-state index < -0.39 is 17.4 Å². The number of hydrogen-bond donors (Lipinski definition) is 2. The Kier molecular flexibility index (Phi) is 6.78. The first-order valence-electron chi connectivity index (χ1n) is 13.1. The minimum absolute atomic E-state index is 0.0232. The van der Waals surface area contributed by atoms with Gasteiger partial charge in [-0.1, -0.05) is 22.8 Å². The van der Waals surface area contributed by atoms with Crippen molar-refractivity contribution in [3.8, 4) is 5.69 Å². The number of imidazole rings is 1. The van der Waals surface area contributed by atoms with Crippen LogP contribution in [0.2, 0.25) is 5.02 Å². The molecule has 41 heavy (non-hydrogen) atoms. The maximum atomic E-state index is 13.7. The summed E-state index contributed by atoms with van der Waals surface area (Å²) in [6.07, 6.45) is 1.79. The van der Waals surface area contributed by atoms with Gasteiger partial charge in [-0.05, 0) is 74.4 Å². The third kappa shape index (κ3) is 5.18. The maximum absolute atomic E-state index is 13.7. The fourth-order valence-electron chi connectivity index (χ4n) is 5.05. The zero-order valence-electron chi connectivity index (χ0n) is 22.0. The molecule has 3 aromatic carbocycles. The molecular weight excluding hydrogens is 549 g/mol. The fraction of sp³-hybridized carbons (Fsp3) is 0.233. The van der Waals surface area contributed by atoms with E-state index in [2.05, 4.69) is 15.1 Å². The van der Waals surface area contributed by atoms with Crippen molar-refractivity contribution in [2.75, 3.05) is 0 Å². The van der Waals surface area contributed by atoms with Gasteiger partial charge in [0.1, 0.15) is 11.6 Å². The molecule has 208 valence electrons. The van der Waals surface area contributed by atoms with Gasteiger partial charge < -0.3 is 14.9 Å². The number of aryl methyl sites for hydroxylation is 1.